The highest BCUT2D eigenvalue weighted by atomic mass is 35.5. The molecule has 6 rings (SSSR count). The summed E-state index contributed by atoms with van der Waals surface area (Å²) in [6.45, 7) is -7.18. The summed E-state index contributed by atoms with van der Waals surface area (Å²) in [7, 11) is 0. The molecule has 0 fully saturated rings. The van der Waals surface area contributed by atoms with Gasteiger partial charge in [-0.05, 0) is 12.1 Å². The summed E-state index contributed by atoms with van der Waals surface area (Å²) in [5, 5.41) is 6.66. The van der Waals surface area contributed by atoms with Gasteiger partial charge in [0.2, 0.25) is 11.8 Å². The van der Waals surface area contributed by atoms with E-state index in [4.69, 9.17) is 23.2 Å². The van der Waals surface area contributed by atoms with Crippen LogP contribution in [0.3, 0.4) is 0 Å². The van der Waals surface area contributed by atoms with Gasteiger partial charge in [-0.3, -0.25) is 0 Å². The number of rotatable bonds is 10. The lowest BCUT2D eigenvalue weighted by Gasteiger charge is -2.09. The third kappa shape index (κ3) is 9.04. The summed E-state index contributed by atoms with van der Waals surface area (Å²) in [5.74, 6) is -7.43. The molecule has 0 aliphatic carbocycles. The van der Waals surface area contributed by atoms with Gasteiger partial charge in [0.15, 0.2) is 56.9 Å². The normalized spacial score (nSPS) is 11.2. The van der Waals surface area contributed by atoms with Crippen molar-refractivity contribution in [2.75, 3.05) is 0 Å². The van der Waals surface area contributed by atoms with Crippen LogP contribution in [0.1, 0.15) is 11.1 Å². The average Bonchev–Trinajstić information content (AvgIpc) is 3.67. The van der Waals surface area contributed by atoms with Crippen molar-refractivity contribution in [1.29, 1.82) is 0 Å². The van der Waals surface area contributed by atoms with Crippen LogP contribution in [0.4, 0.5) is 43.9 Å². The molecule has 22 heteroatoms. The molecule has 52 heavy (non-hydrogen) atoms. The first kappa shape index (κ1) is 37.7. The molecule has 10 nitrogen and oxygen atoms in total. The lowest BCUT2D eigenvalue weighted by molar-refractivity contribution is -0.0563. The molecule has 0 spiro atoms. The van der Waals surface area contributed by atoms with E-state index in [2.05, 4.69) is 39.6 Å². The molecule has 6 aromatic rings. The molecule has 0 atom stereocenters. The Labute approximate surface area is 294 Å². The maximum Gasteiger partial charge on any atom is 0.388 e. The number of aromatic nitrogens is 8. The molecule has 0 aliphatic rings. The third-order valence-corrected chi connectivity index (χ3v) is 6.96. The zero-order valence-electron chi connectivity index (χ0n) is 25.3. The molecule has 0 bridgehead atoms. The van der Waals surface area contributed by atoms with Gasteiger partial charge < -0.3 is 9.47 Å². The number of ether oxygens (including phenoxy) is 2. The van der Waals surface area contributed by atoms with Crippen LogP contribution in [-0.4, -0.2) is 52.7 Å². The Hall–Kier alpha value is -5.50. The highest BCUT2D eigenvalue weighted by molar-refractivity contribution is 6.33. The van der Waals surface area contributed by atoms with Crippen molar-refractivity contribution < 1.29 is 53.4 Å². The van der Waals surface area contributed by atoms with E-state index in [9.17, 15) is 43.9 Å². The average molecular weight is 781 g/mol. The molecule has 0 unspecified atom stereocenters. The number of halogens is 12. The fourth-order valence-electron chi connectivity index (χ4n) is 4.23. The van der Waals surface area contributed by atoms with Gasteiger partial charge in [0.25, 0.3) is 0 Å². The molecule has 0 saturated carbocycles. The van der Waals surface area contributed by atoms with Crippen molar-refractivity contribution in [1.82, 2.24) is 39.5 Å². The predicted molar refractivity (Wildman–Crippen MR) is 161 cm³/mol. The Bertz CT molecular complexity index is 2170. The maximum atomic E-state index is 13.9. The SMILES string of the molecule is Fc1cccc(Cn2nc(-c3nc(Cl)c(F)c(Cl)n3)cc2OC(F)F)c1F.Fc1cnc(-c2cc(OC(F)F)n(Cc3cccc(F)c3F)n2)nc1. The summed E-state index contributed by atoms with van der Waals surface area (Å²) in [6, 6.07) is 8.97. The van der Waals surface area contributed by atoms with Crippen molar-refractivity contribution in [3.8, 4) is 34.8 Å². The first-order valence-electron chi connectivity index (χ1n) is 14.0. The molecule has 0 saturated heterocycles. The molecule has 0 N–H and O–H groups in total. The van der Waals surface area contributed by atoms with Crippen LogP contribution in [0.5, 0.6) is 11.8 Å². The lowest BCUT2D eigenvalue weighted by Crippen LogP contribution is -2.11. The van der Waals surface area contributed by atoms with Crippen molar-refractivity contribution in [2.45, 2.75) is 26.3 Å². The molecular formula is C30H16Cl2F10N8O2. The van der Waals surface area contributed by atoms with Gasteiger partial charge in [-0.1, -0.05) is 47.5 Å². The van der Waals surface area contributed by atoms with Gasteiger partial charge in [-0.25, -0.2) is 55.6 Å². The van der Waals surface area contributed by atoms with E-state index in [-0.39, 0.29) is 40.7 Å². The van der Waals surface area contributed by atoms with Gasteiger partial charge in [0, 0.05) is 23.3 Å². The van der Waals surface area contributed by atoms with E-state index in [0.717, 1.165) is 46.0 Å². The quantitative estimate of drug-likeness (QED) is 0.101. The zero-order valence-corrected chi connectivity index (χ0v) is 26.8. The minimum atomic E-state index is -3.22. The molecule has 0 aliphatic heterocycles. The van der Waals surface area contributed by atoms with Gasteiger partial charge in [0.1, 0.15) is 11.4 Å². The Morgan fingerprint density at radius 2 is 1.02 bits per heavy atom. The monoisotopic (exact) mass is 780 g/mol. The Balaban J connectivity index is 0.000000202. The van der Waals surface area contributed by atoms with E-state index < -0.39 is 76.7 Å². The molecule has 272 valence electrons. The molecule has 0 amide bonds. The van der Waals surface area contributed by atoms with Gasteiger partial charge in [-0.2, -0.15) is 27.8 Å². The van der Waals surface area contributed by atoms with Gasteiger partial charge >= 0.3 is 13.2 Å². The Kier molecular flexibility index (Phi) is 11.8. The first-order chi connectivity index (χ1) is 24.7. The van der Waals surface area contributed by atoms with Gasteiger partial charge in [0.05, 0.1) is 25.5 Å². The topological polar surface area (TPSA) is 106 Å². The van der Waals surface area contributed by atoms with Crippen molar-refractivity contribution >= 4 is 23.2 Å². The summed E-state index contributed by atoms with van der Waals surface area (Å²) >= 11 is 11.2. The largest absolute Gasteiger partial charge is 0.417 e. The van der Waals surface area contributed by atoms with Crippen LogP contribution in [0, 0.1) is 34.9 Å². The van der Waals surface area contributed by atoms with Crippen LogP contribution in [0.2, 0.25) is 10.3 Å². The van der Waals surface area contributed by atoms with Crippen LogP contribution in [0.15, 0.2) is 60.9 Å². The second-order valence-electron chi connectivity index (χ2n) is 9.90. The summed E-state index contributed by atoms with van der Waals surface area (Å²) in [4.78, 5) is 14.6. The summed E-state index contributed by atoms with van der Waals surface area (Å²) < 4.78 is 141. The van der Waals surface area contributed by atoms with Crippen molar-refractivity contribution in [3.63, 3.8) is 0 Å². The predicted octanol–water partition coefficient (Wildman–Crippen LogP) is 8.12. The molecule has 2 aromatic carbocycles. The third-order valence-electron chi connectivity index (χ3n) is 6.46. The minimum Gasteiger partial charge on any atom is -0.417 e. The van der Waals surface area contributed by atoms with E-state index in [1.165, 1.54) is 24.3 Å². The van der Waals surface area contributed by atoms with E-state index >= 15 is 0 Å². The standard InChI is InChI=1S/C15H7Cl2F5N4O.C15H9F5N4O/c16-12-11(20)13(17)24-14(23-12)8-4-9(27-15(21)22)26(25-8)5-6-2-1-3-7(18)10(6)19;16-9-5-21-14(22-6-9)11-4-12(25-15(19)20)24(23-11)7-8-2-1-3-10(17)13(8)18/h1-4,15H,5H2;1-6,15H,7H2. The fraction of sp³-hybridized carbons (Fsp3) is 0.133. The van der Waals surface area contributed by atoms with Crippen molar-refractivity contribution in [3.05, 3.63) is 117 Å². The second-order valence-corrected chi connectivity index (χ2v) is 10.6. The summed E-state index contributed by atoms with van der Waals surface area (Å²) in [6.07, 6.45) is 1.75. The number of nitrogens with zero attached hydrogens (tertiary/aromatic N) is 8. The zero-order chi connectivity index (χ0) is 37.7. The molecule has 4 aromatic heterocycles. The lowest BCUT2D eigenvalue weighted by atomic mass is 10.2. The maximum absolute atomic E-state index is 13.9. The van der Waals surface area contributed by atoms with Crippen LogP contribution in [-0.2, 0) is 13.1 Å². The molecule has 4 heterocycles. The van der Waals surface area contributed by atoms with Crippen LogP contribution >= 0.6 is 23.2 Å². The Morgan fingerprint density at radius 3 is 1.44 bits per heavy atom. The van der Waals surface area contributed by atoms with Gasteiger partial charge in [-0.15, -0.1) is 0 Å². The number of hydrogen-bond acceptors (Lipinski definition) is 8. The van der Waals surface area contributed by atoms with Crippen LogP contribution < -0.4 is 9.47 Å². The number of benzene rings is 2. The van der Waals surface area contributed by atoms with E-state index in [1.807, 2.05) is 0 Å². The first-order valence-corrected chi connectivity index (χ1v) is 14.7. The number of alkyl halides is 4. The number of hydrogen-bond donors (Lipinski definition) is 0. The fourth-order valence-corrected chi connectivity index (χ4v) is 4.62. The van der Waals surface area contributed by atoms with E-state index in [1.54, 1.807) is 0 Å². The highest BCUT2D eigenvalue weighted by Gasteiger charge is 2.21. The smallest absolute Gasteiger partial charge is 0.388 e. The Morgan fingerprint density at radius 1 is 0.596 bits per heavy atom. The van der Waals surface area contributed by atoms with Crippen molar-refractivity contribution in [2.24, 2.45) is 0 Å². The second kappa shape index (κ2) is 16.2. The highest BCUT2D eigenvalue weighted by Crippen LogP contribution is 2.28. The molecular weight excluding hydrogens is 765 g/mol. The minimum absolute atomic E-state index is 0.00691. The molecule has 0 radical (unpaired) electrons. The summed E-state index contributed by atoms with van der Waals surface area (Å²) in [5.41, 5.74) is -0.424. The van der Waals surface area contributed by atoms with E-state index in [0.29, 0.717) is 0 Å². The van der Waals surface area contributed by atoms with Crippen LogP contribution in [0.25, 0.3) is 23.0 Å².